The van der Waals surface area contributed by atoms with Crippen LogP contribution in [0.1, 0.15) is 47.7 Å². The first kappa shape index (κ1) is 16.3. The molecule has 3 N–H and O–H groups in total. The normalized spacial score (nSPS) is 23.2. The Labute approximate surface area is 137 Å². The minimum atomic E-state index is -1.28. The van der Waals surface area contributed by atoms with Crippen LogP contribution in [-0.2, 0) is 0 Å². The van der Waals surface area contributed by atoms with Crippen LogP contribution in [0.25, 0.3) is 0 Å². The van der Waals surface area contributed by atoms with Gasteiger partial charge in [0.15, 0.2) is 11.6 Å². The third-order valence-corrected chi connectivity index (χ3v) is 4.34. The maximum absolute atomic E-state index is 14.3. The Morgan fingerprint density at radius 1 is 1.17 bits per heavy atom. The van der Waals surface area contributed by atoms with Crippen LogP contribution in [0.15, 0.2) is 36.5 Å². The van der Waals surface area contributed by atoms with Gasteiger partial charge < -0.3 is 15.5 Å². The van der Waals surface area contributed by atoms with Gasteiger partial charge in [0.25, 0.3) is 0 Å². The van der Waals surface area contributed by atoms with Crippen molar-refractivity contribution in [1.29, 1.82) is 0 Å². The van der Waals surface area contributed by atoms with E-state index < -0.39 is 35.8 Å². The van der Waals surface area contributed by atoms with Crippen LogP contribution in [0.2, 0.25) is 0 Å². The Morgan fingerprint density at radius 3 is 2.67 bits per heavy atom. The van der Waals surface area contributed by atoms with Crippen molar-refractivity contribution >= 4 is 6.09 Å². The quantitative estimate of drug-likeness (QED) is 0.736. The molecule has 0 aliphatic heterocycles. The molecule has 0 saturated heterocycles. The van der Waals surface area contributed by atoms with Gasteiger partial charge in [0.05, 0.1) is 17.8 Å². The summed E-state index contributed by atoms with van der Waals surface area (Å²) in [6.45, 7) is 0. The van der Waals surface area contributed by atoms with Crippen LogP contribution >= 0.6 is 0 Å². The molecule has 1 amide bonds. The van der Waals surface area contributed by atoms with E-state index in [1.807, 2.05) is 0 Å². The number of pyridine rings is 1. The average molecular weight is 334 g/mol. The van der Waals surface area contributed by atoms with Crippen molar-refractivity contribution in [1.82, 2.24) is 10.3 Å². The molecule has 0 saturated carbocycles. The summed E-state index contributed by atoms with van der Waals surface area (Å²) in [5.41, 5.74) is 0.909. The fourth-order valence-electron chi connectivity index (χ4n) is 3.28. The third-order valence-electron chi connectivity index (χ3n) is 4.34. The number of amides is 1. The lowest BCUT2D eigenvalue weighted by molar-refractivity contribution is 0.160. The molecule has 1 heterocycles. The zero-order valence-electron chi connectivity index (χ0n) is 12.6. The number of hydrogen-bond acceptors (Lipinski definition) is 3. The van der Waals surface area contributed by atoms with Gasteiger partial charge in [-0.1, -0.05) is 18.2 Å². The van der Waals surface area contributed by atoms with E-state index in [0.717, 1.165) is 6.07 Å². The summed E-state index contributed by atoms with van der Waals surface area (Å²) in [4.78, 5) is 15.4. The Balaban J connectivity index is 2.14. The van der Waals surface area contributed by atoms with Crippen molar-refractivity contribution in [3.8, 4) is 0 Å². The first-order valence-corrected chi connectivity index (χ1v) is 7.55. The predicted molar refractivity (Wildman–Crippen MR) is 81.4 cm³/mol. The number of fused-ring (bicyclic) bond motifs is 1. The number of aliphatic hydroxyl groups excluding tert-OH is 1. The van der Waals surface area contributed by atoms with Gasteiger partial charge in [-0.05, 0) is 36.1 Å². The highest BCUT2D eigenvalue weighted by atomic mass is 19.2. The van der Waals surface area contributed by atoms with Crippen molar-refractivity contribution in [3.05, 3.63) is 65.0 Å². The number of halogens is 2. The van der Waals surface area contributed by atoms with E-state index in [1.54, 1.807) is 12.1 Å². The second-order valence-electron chi connectivity index (χ2n) is 5.75. The topological polar surface area (TPSA) is 82.5 Å². The zero-order chi connectivity index (χ0) is 17.3. The lowest BCUT2D eigenvalue weighted by Crippen LogP contribution is -2.32. The summed E-state index contributed by atoms with van der Waals surface area (Å²) >= 11 is 0. The van der Waals surface area contributed by atoms with Crippen molar-refractivity contribution < 1.29 is 23.8 Å². The van der Waals surface area contributed by atoms with E-state index in [4.69, 9.17) is 0 Å². The number of nitrogens with one attached hydrogen (secondary N) is 1. The highest BCUT2D eigenvalue weighted by Crippen LogP contribution is 2.43. The molecule has 3 rings (SSSR count). The second-order valence-corrected chi connectivity index (χ2v) is 5.75. The van der Waals surface area contributed by atoms with Crippen LogP contribution < -0.4 is 5.32 Å². The molecule has 0 spiro atoms. The molecule has 0 radical (unpaired) electrons. The van der Waals surface area contributed by atoms with Gasteiger partial charge in [0.2, 0.25) is 0 Å². The van der Waals surface area contributed by atoms with Gasteiger partial charge in [0.1, 0.15) is 0 Å². The summed E-state index contributed by atoms with van der Waals surface area (Å²) in [5, 5.41) is 21.8. The van der Waals surface area contributed by atoms with Gasteiger partial charge in [-0.3, -0.25) is 4.98 Å². The van der Waals surface area contributed by atoms with Crippen LogP contribution in [0.4, 0.5) is 13.6 Å². The van der Waals surface area contributed by atoms with Gasteiger partial charge in [0, 0.05) is 12.1 Å². The molecule has 1 aliphatic carbocycles. The summed E-state index contributed by atoms with van der Waals surface area (Å²) in [6, 6.07) is 6.26. The summed E-state index contributed by atoms with van der Waals surface area (Å²) in [7, 11) is 0. The van der Waals surface area contributed by atoms with E-state index in [0.29, 0.717) is 11.3 Å². The third kappa shape index (κ3) is 2.94. The van der Waals surface area contributed by atoms with E-state index >= 15 is 0 Å². The monoisotopic (exact) mass is 334 g/mol. The molecule has 0 fully saturated rings. The molecular formula is C17H16F2N2O3. The number of benzene rings is 1. The van der Waals surface area contributed by atoms with Gasteiger partial charge >= 0.3 is 6.09 Å². The number of aliphatic hydroxyl groups is 1. The number of rotatable bonds is 2. The highest BCUT2D eigenvalue weighted by Gasteiger charge is 2.35. The van der Waals surface area contributed by atoms with Crippen molar-refractivity contribution in [3.63, 3.8) is 0 Å². The Morgan fingerprint density at radius 2 is 1.92 bits per heavy atom. The standard InChI is InChI=1S/C17H16F2N2O3/c18-12-5-1-3-9(14(12)19)10-6-7-13(22)16-11(4-2-8-20-16)15(10)21-17(23)24/h1-5,8,10,13,15,21-22H,6-7H2,(H,23,24)/t10-,13-,15+/m1/s1. The van der Waals surface area contributed by atoms with Gasteiger partial charge in [-0.15, -0.1) is 0 Å². The minimum Gasteiger partial charge on any atom is -0.465 e. The molecule has 5 nitrogen and oxygen atoms in total. The summed E-state index contributed by atoms with van der Waals surface area (Å²) in [6.07, 6.45) is -0.122. The van der Waals surface area contributed by atoms with E-state index in [1.165, 1.54) is 18.3 Å². The fraction of sp³-hybridized carbons (Fsp3) is 0.294. The van der Waals surface area contributed by atoms with Crippen LogP contribution in [-0.4, -0.2) is 21.3 Å². The van der Waals surface area contributed by atoms with E-state index in [2.05, 4.69) is 10.3 Å². The molecule has 0 unspecified atom stereocenters. The van der Waals surface area contributed by atoms with Gasteiger partial charge in [-0.2, -0.15) is 0 Å². The van der Waals surface area contributed by atoms with E-state index in [-0.39, 0.29) is 18.4 Å². The lowest BCUT2D eigenvalue weighted by atomic mass is 9.85. The number of carbonyl (C=O) groups is 1. The number of aromatic nitrogens is 1. The first-order valence-electron chi connectivity index (χ1n) is 7.55. The van der Waals surface area contributed by atoms with Crippen LogP contribution in [0.3, 0.4) is 0 Å². The number of carboxylic acid groups (broad SMARTS) is 1. The molecular weight excluding hydrogens is 318 g/mol. The van der Waals surface area contributed by atoms with Crippen molar-refractivity contribution in [2.75, 3.05) is 0 Å². The molecule has 126 valence electrons. The Kier molecular flexibility index (Phi) is 4.44. The predicted octanol–water partition coefficient (Wildman–Crippen LogP) is 3.28. The molecule has 1 aromatic carbocycles. The fourth-order valence-corrected chi connectivity index (χ4v) is 3.28. The minimum absolute atomic E-state index is 0.0812. The summed E-state index contributed by atoms with van der Waals surface area (Å²) < 4.78 is 27.9. The molecule has 2 aromatic rings. The maximum Gasteiger partial charge on any atom is 0.405 e. The molecule has 1 aromatic heterocycles. The number of nitrogens with zero attached hydrogens (tertiary/aromatic N) is 1. The Bertz CT molecular complexity index is 769. The number of hydrogen-bond donors (Lipinski definition) is 3. The smallest absolute Gasteiger partial charge is 0.405 e. The lowest BCUT2D eigenvalue weighted by Gasteiger charge is -2.27. The molecule has 24 heavy (non-hydrogen) atoms. The van der Waals surface area contributed by atoms with Crippen LogP contribution in [0.5, 0.6) is 0 Å². The molecule has 7 heteroatoms. The van der Waals surface area contributed by atoms with Crippen molar-refractivity contribution in [2.45, 2.75) is 30.9 Å². The molecule has 1 aliphatic rings. The maximum atomic E-state index is 14.3. The summed E-state index contributed by atoms with van der Waals surface area (Å²) in [5.74, 6) is -2.64. The first-order chi connectivity index (χ1) is 11.5. The highest BCUT2D eigenvalue weighted by molar-refractivity contribution is 5.65. The van der Waals surface area contributed by atoms with Crippen LogP contribution in [0, 0.1) is 11.6 Å². The largest absolute Gasteiger partial charge is 0.465 e. The average Bonchev–Trinajstić information content (AvgIpc) is 2.69. The zero-order valence-corrected chi connectivity index (χ0v) is 12.6. The molecule has 0 bridgehead atoms. The molecule has 3 atom stereocenters. The van der Waals surface area contributed by atoms with Crippen molar-refractivity contribution in [2.24, 2.45) is 0 Å². The Hall–Kier alpha value is -2.54. The van der Waals surface area contributed by atoms with E-state index in [9.17, 15) is 23.8 Å². The van der Waals surface area contributed by atoms with Gasteiger partial charge in [-0.25, -0.2) is 13.6 Å². The SMILES string of the molecule is O=C(O)N[C@@H]1c2cccnc2[C@H](O)CC[C@@H]1c1cccc(F)c1F. The second kappa shape index (κ2) is 6.52.